The van der Waals surface area contributed by atoms with Crippen LogP contribution >= 0.6 is 0 Å². The first-order chi connectivity index (χ1) is 17.7. The van der Waals surface area contributed by atoms with Gasteiger partial charge in [0.25, 0.3) is 0 Å². The summed E-state index contributed by atoms with van der Waals surface area (Å²) >= 11 is 0. The molecule has 1 saturated carbocycles. The highest BCUT2D eigenvalue weighted by Gasteiger charge is 2.29. The number of hydrogen-bond acceptors (Lipinski definition) is 6. The topological polar surface area (TPSA) is 125 Å². The van der Waals surface area contributed by atoms with E-state index in [9.17, 15) is 4.79 Å². The van der Waals surface area contributed by atoms with Gasteiger partial charge in [0.1, 0.15) is 11.2 Å². The molecule has 0 saturated heterocycles. The third-order valence-electron chi connectivity index (χ3n) is 6.45. The predicted molar refractivity (Wildman–Crippen MR) is 137 cm³/mol. The van der Waals surface area contributed by atoms with Crippen molar-refractivity contribution < 1.29 is 4.79 Å². The van der Waals surface area contributed by atoms with Crippen LogP contribution in [0.25, 0.3) is 55.7 Å². The summed E-state index contributed by atoms with van der Waals surface area (Å²) in [4.78, 5) is 33.4. The molecular weight excluding hydrogens is 452 g/mol. The van der Waals surface area contributed by atoms with E-state index in [1.54, 1.807) is 24.8 Å². The SMILES string of the molecule is O=C(Nc1cncc(-c2ccc3[nH]nc(-c4cc5c(-c6ccncc6)cncc5[nH]4)c3n2)c1)C1CC1. The number of nitrogens with one attached hydrogen (secondary N) is 3. The number of fused-ring (bicyclic) bond motifs is 2. The van der Waals surface area contributed by atoms with Gasteiger partial charge < -0.3 is 10.3 Å². The smallest absolute Gasteiger partial charge is 0.227 e. The molecule has 0 spiro atoms. The molecule has 0 unspecified atom stereocenters. The average Bonchev–Trinajstić information content (AvgIpc) is 3.55. The minimum atomic E-state index is 0.0499. The largest absolute Gasteiger partial charge is 0.352 e. The van der Waals surface area contributed by atoms with Crippen molar-refractivity contribution in [2.45, 2.75) is 12.8 Å². The molecule has 6 aromatic rings. The zero-order chi connectivity index (χ0) is 24.1. The third-order valence-corrected chi connectivity index (χ3v) is 6.45. The van der Waals surface area contributed by atoms with E-state index in [4.69, 9.17) is 4.98 Å². The molecule has 9 heteroatoms. The number of carbonyl (C=O) groups is 1. The van der Waals surface area contributed by atoms with Gasteiger partial charge in [-0.1, -0.05) is 0 Å². The van der Waals surface area contributed by atoms with Gasteiger partial charge in [-0.05, 0) is 54.8 Å². The van der Waals surface area contributed by atoms with E-state index in [2.05, 4.69) is 41.5 Å². The molecule has 9 nitrogen and oxygen atoms in total. The van der Waals surface area contributed by atoms with Crippen LogP contribution in [0.1, 0.15) is 12.8 Å². The molecule has 1 fully saturated rings. The van der Waals surface area contributed by atoms with Crippen LogP contribution in [-0.2, 0) is 4.79 Å². The van der Waals surface area contributed by atoms with Crippen LogP contribution in [0.15, 0.2) is 73.6 Å². The van der Waals surface area contributed by atoms with Gasteiger partial charge in [0, 0.05) is 47.2 Å². The van der Waals surface area contributed by atoms with Crippen LogP contribution < -0.4 is 5.32 Å². The molecule has 0 aromatic carbocycles. The lowest BCUT2D eigenvalue weighted by molar-refractivity contribution is -0.117. The molecule has 0 atom stereocenters. The fourth-order valence-corrected chi connectivity index (χ4v) is 4.43. The normalized spacial score (nSPS) is 13.3. The van der Waals surface area contributed by atoms with Crippen molar-refractivity contribution in [1.82, 2.24) is 35.1 Å². The number of amides is 1. The Hall–Kier alpha value is -4.92. The molecule has 1 aliphatic carbocycles. The molecule has 1 aliphatic rings. The summed E-state index contributed by atoms with van der Waals surface area (Å²) in [7, 11) is 0. The first-order valence-corrected chi connectivity index (χ1v) is 11.7. The standard InChI is InChI=1S/C27H20N8O/c36-27(16-1-2-16)31-18-9-17(11-29-12-18)21-3-4-22-25(33-21)26(35-34-22)23-10-19-20(13-30-14-24(19)32-23)15-5-7-28-8-6-15/h3-14,16,32H,1-2H2,(H,31,36)(H,34,35). The number of hydrogen-bond donors (Lipinski definition) is 3. The van der Waals surface area contributed by atoms with Crippen molar-refractivity contribution in [3.63, 3.8) is 0 Å². The Balaban J connectivity index is 1.28. The Morgan fingerprint density at radius 1 is 0.889 bits per heavy atom. The van der Waals surface area contributed by atoms with Gasteiger partial charge in [-0.25, -0.2) is 4.98 Å². The summed E-state index contributed by atoms with van der Waals surface area (Å²) < 4.78 is 0. The maximum Gasteiger partial charge on any atom is 0.227 e. The van der Waals surface area contributed by atoms with Crippen LogP contribution in [0.5, 0.6) is 0 Å². The third kappa shape index (κ3) is 3.58. The molecule has 0 aliphatic heterocycles. The zero-order valence-electron chi connectivity index (χ0n) is 19.1. The van der Waals surface area contributed by atoms with Crippen LogP contribution in [0.3, 0.4) is 0 Å². The van der Waals surface area contributed by atoms with Gasteiger partial charge in [0.05, 0.1) is 40.5 Å². The summed E-state index contributed by atoms with van der Waals surface area (Å²) in [6, 6.07) is 11.8. The van der Waals surface area contributed by atoms with E-state index in [-0.39, 0.29) is 11.8 Å². The van der Waals surface area contributed by atoms with E-state index >= 15 is 0 Å². The highest BCUT2D eigenvalue weighted by atomic mass is 16.2. The monoisotopic (exact) mass is 472 g/mol. The van der Waals surface area contributed by atoms with Gasteiger partial charge in [0.15, 0.2) is 0 Å². The Morgan fingerprint density at radius 3 is 2.61 bits per heavy atom. The van der Waals surface area contributed by atoms with E-state index in [1.165, 1.54) is 0 Å². The predicted octanol–water partition coefficient (Wildman–Crippen LogP) is 4.97. The second-order valence-corrected chi connectivity index (χ2v) is 8.96. The second-order valence-electron chi connectivity index (χ2n) is 8.96. The minimum absolute atomic E-state index is 0.0499. The summed E-state index contributed by atoms with van der Waals surface area (Å²) in [5.74, 6) is 0.177. The first kappa shape index (κ1) is 20.5. The molecule has 6 heterocycles. The Kier molecular flexibility index (Phi) is 4.60. The molecule has 0 radical (unpaired) electrons. The van der Waals surface area contributed by atoms with Crippen molar-refractivity contribution in [1.29, 1.82) is 0 Å². The maximum absolute atomic E-state index is 12.2. The van der Waals surface area contributed by atoms with Crippen LogP contribution in [-0.4, -0.2) is 41.0 Å². The van der Waals surface area contributed by atoms with Crippen molar-refractivity contribution in [3.8, 4) is 33.8 Å². The molecule has 6 aromatic heterocycles. The number of rotatable bonds is 5. The van der Waals surface area contributed by atoms with Crippen molar-refractivity contribution >= 4 is 33.5 Å². The summed E-state index contributed by atoms with van der Waals surface area (Å²) in [6.07, 6.45) is 12.5. The summed E-state index contributed by atoms with van der Waals surface area (Å²) in [5, 5.41) is 11.6. The van der Waals surface area contributed by atoms with Crippen molar-refractivity contribution in [2.75, 3.05) is 5.32 Å². The van der Waals surface area contributed by atoms with Gasteiger partial charge in [-0.3, -0.25) is 24.8 Å². The summed E-state index contributed by atoms with van der Waals surface area (Å²) in [6.45, 7) is 0. The Labute approximate surface area is 205 Å². The minimum Gasteiger partial charge on any atom is -0.352 e. The van der Waals surface area contributed by atoms with Crippen LogP contribution in [0.4, 0.5) is 5.69 Å². The molecule has 1 amide bonds. The number of H-pyrrole nitrogens is 2. The van der Waals surface area contributed by atoms with Crippen molar-refractivity contribution in [3.05, 3.63) is 73.6 Å². The van der Waals surface area contributed by atoms with Gasteiger partial charge in [-0.2, -0.15) is 5.10 Å². The van der Waals surface area contributed by atoms with E-state index in [0.717, 1.165) is 68.6 Å². The number of pyridine rings is 4. The lowest BCUT2D eigenvalue weighted by Gasteiger charge is -2.06. The number of anilines is 1. The highest BCUT2D eigenvalue weighted by Crippen LogP contribution is 2.34. The van der Waals surface area contributed by atoms with Gasteiger partial charge >= 0.3 is 0 Å². The average molecular weight is 473 g/mol. The zero-order valence-corrected chi connectivity index (χ0v) is 19.1. The second kappa shape index (κ2) is 8.09. The molecule has 174 valence electrons. The highest BCUT2D eigenvalue weighted by molar-refractivity contribution is 6.00. The maximum atomic E-state index is 12.2. The molecule has 0 bridgehead atoms. The lowest BCUT2D eigenvalue weighted by atomic mass is 10.1. The lowest BCUT2D eigenvalue weighted by Crippen LogP contribution is -2.13. The van der Waals surface area contributed by atoms with Crippen LogP contribution in [0.2, 0.25) is 0 Å². The number of nitrogens with zero attached hydrogens (tertiary/aromatic N) is 5. The van der Waals surface area contributed by atoms with Crippen molar-refractivity contribution in [2.24, 2.45) is 5.92 Å². The van der Waals surface area contributed by atoms with E-state index in [0.29, 0.717) is 5.69 Å². The van der Waals surface area contributed by atoms with Gasteiger partial charge in [-0.15, -0.1) is 0 Å². The fraction of sp³-hybridized carbons (Fsp3) is 0.111. The first-order valence-electron chi connectivity index (χ1n) is 11.7. The number of carbonyl (C=O) groups excluding carboxylic acids is 1. The van der Waals surface area contributed by atoms with Gasteiger partial charge in [0.2, 0.25) is 5.91 Å². The van der Waals surface area contributed by atoms with E-state index < -0.39 is 0 Å². The fourth-order valence-electron chi connectivity index (χ4n) is 4.43. The molecule has 3 N–H and O–H groups in total. The molecule has 7 rings (SSSR count). The van der Waals surface area contributed by atoms with E-state index in [1.807, 2.05) is 42.7 Å². The Bertz CT molecular complexity index is 1750. The van der Waals surface area contributed by atoms with Crippen LogP contribution in [0, 0.1) is 5.92 Å². The Morgan fingerprint density at radius 2 is 1.75 bits per heavy atom. The quantitative estimate of drug-likeness (QED) is 0.325. The molecule has 36 heavy (non-hydrogen) atoms. The summed E-state index contributed by atoms with van der Waals surface area (Å²) in [5.41, 5.74) is 8.33. The molecular formula is C27H20N8O. The number of aromatic amines is 2. The number of aromatic nitrogens is 7.